The molecule has 0 bridgehead atoms. The van der Waals surface area contributed by atoms with Crippen LogP contribution < -0.4 is 10.6 Å². The highest BCUT2D eigenvalue weighted by atomic mass is 32.2. The quantitative estimate of drug-likeness (QED) is 0.803. The third-order valence-corrected chi connectivity index (χ3v) is 4.46. The first-order valence-corrected chi connectivity index (χ1v) is 9.06. The number of amides is 2. The van der Waals surface area contributed by atoms with E-state index in [1.165, 1.54) is 17.3 Å². The predicted molar refractivity (Wildman–Crippen MR) is 102 cm³/mol. The number of nitrogens with one attached hydrogen (secondary N) is 2. The van der Waals surface area contributed by atoms with E-state index in [2.05, 4.69) is 17.6 Å². The molecule has 5 heteroatoms. The Labute approximate surface area is 147 Å². The largest absolute Gasteiger partial charge is 0.325 e. The van der Waals surface area contributed by atoms with Crippen LogP contribution in [0.25, 0.3) is 0 Å². The van der Waals surface area contributed by atoms with Gasteiger partial charge in [0.1, 0.15) is 0 Å². The second kappa shape index (κ2) is 9.13. The summed E-state index contributed by atoms with van der Waals surface area (Å²) in [4.78, 5) is 23.8. The highest BCUT2D eigenvalue weighted by molar-refractivity contribution is 8.00. The molecule has 24 heavy (non-hydrogen) atoms. The predicted octanol–water partition coefficient (Wildman–Crippen LogP) is 3.87. The number of carbonyl (C=O) groups is 2. The average Bonchev–Trinajstić information content (AvgIpc) is 2.57. The molecule has 0 saturated carbocycles. The van der Waals surface area contributed by atoms with Crippen molar-refractivity contribution in [1.29, 1.82) is 0 Å². The van der Waals surface area contributed by atoms with Gasteiger partial charge in [-0.25, -0.2) is 0 Å². The van der Waals surface area contributed by atoms with Gasteiger partial charge < -0.3 is 10.6 Å². The Bertz CT molecular complexity index is 699. The Morgan fingerprint density at radius 2 is 1.54 bits per heavy atom. The van der Waals surface area contributed by atoms with E-state index in [0.717, 1.165) is 23.4 Å². The van der Waals surface area contributed by atoms with Crippen molar-refractivity contribution in [1.82, 2.24) is 0 Å². The van der Waals surface area contributed by atoms with E-state index in [1.807, 2.05) is 55.5 Å². The Hall–Kier alpha value is -2.27. The lowest BCUT2D eigenvalue weighted by Crippen LogP contribution is -2.18. The smallest absolute Gasteiger partial charge is 0.234 e. The molecule has 0 aliphatic carbocycles. The van der Waals surface area contributed by atoms with Crippen molar-refractivity contribution >= 4 is 35.0 Å². The maximum absolute atomic E-state index is 11.9. The Morgan fingerprint density at radius 1 is 0.917 bits per heavy atom. The lowest BCUT2D eigenvalue weighted by molar-refractivity contribution is -0.114. The number of hydrogen-bond acceptors (Lipinski definition) is 3. The number of para-hydroxylation sites is 1. The molecular formula is C19H22N2O2S. The molecule has 0 spiro atoms. The van der Waals surface area contributed by atoms with Crippen LogP contribution in [0.15, 0.2) is 48.5 Å². The molecule has 2 amide bonds. The molecule has 2 aromatic rings. The standard InChI is InChI=1S/C19H22N2O2S/c1-3-15-8-10-16(11-9-15)20-18(22)12-24-13-19(23)21-17-7-5-4-6-14(17)2/h4-11H,3,12-13H2,1-2H3,(H,20,22)(H,21,23). The Morgan fingerprint density at radius 3 is 2.17 bits per heavy atom. The van der Waals surface area contributed by atoms with E-state index in [9.17, 15) is 9.59 Å². The minimum Gasteiger partial charge on any atom is -0.325 e. The molecule has 4 nitrogen and oxygen atoms in total. The second-order valence-electron chi connectivity index (χ2n) is 5.45. The number of anilines is 2. The monoisotopic (exact) mass is 342 g/mol. The topological polar surface area (TPSA) is 58.2 Å². The molecule has 0 unspecified atom stereocenters. The molecule has 2 N–H and O–H groups in total. The van der Waals surface area contributed by atoms with Crippen LogP contribution in [0.2, 0.25) is 0 Å². The molecule has 126 valence electrons. The van der Waals surface area contributed by atoms with Gasteiger partial charge in [-0.2, -0.15) is 0 Å². The highest BCUT2D eigenvalue weighted by Gasteiger charge is 2.07. The summed E-state index contributed by atoms with van der Waals surface area (Å²) in [5, 5.41) is 5.69. The van der Waals surface area contributed by atoms with Crippen molar-refractivity contribution in [3.63, 3.8) is 0 Å². The van der Waals surface area contributed by atoms with E-state index in [0.29, 0.717) is 0 Å². The molecule has 0 aliphatic heterocycles. The molecular weight excluding hydrogens is 320 g/mol. The van der Waals surface area contributed by atoms with Gasteiger partial charge in [-0.1, -0.05) is 37.3 Å². The van der Waals surface area contributed by atoms with Crippen LogP contribution in [0.4, 0.5) is 11.4 Å². The first-order valence-electron chi connectivity index (χ1n) is 7.90. The van der Waals surface area contributed by atoms with Crippen molar-refractivity contribution in [3.8, 4) is 0 Å². The van der Waals surface area contributed by atoms with Gasteiger partial charge in [-0.15, -0.1) is 11.8 Å². The zero-order valence-corrected chi connectivity index (χ0v) is 14.8. The highest BCUT2D eigenvalue weighted by Crippen LogP contribution is 2.14. The third-order valence-electron chi connectivity index (χ3n) is 3.53. The number of rotatable bonds is 7. The van der Waals surface area contributed by atoms with E-state index in [1.54, 1.807) is 0 Å². The Balaban J connectivity index is 1.71. The van der Waals surface area contributed by atoms with E-state index in [4.69, 9.17) is 0 Å². The summed E-state index contributed by atoms with van der Waals surface area (Å²) in [5.74, 6) is 0.287. The number of thioether (sulfide) groups is 1. The van der Waals surface area contributed by atoms with Gasteiger partial charge in [0.2, 0.25) is 11.8 Å². The maximum Gasteiger partial charge on any atom is 0.234 e. The summed E-state index contributed by atoms with van der Waals surface area (Å²) in [7, 11) is 0. The minimum atomic E-state index is -0.104. The first kappa shape index (κ1) is 18.1. The van der Waals surface area contributed by atoms with Crippen molar-refractivity contribution in [2.75, 3.05) is 22.1 Å². The van der Waals surface area contributed by atoms with Gasteiger partial charge in [0.05, 0.1) is 11.5 Å². The molecule has 0 atom stereocenters. The van der Waals surface area contributed by atoms with Crippen LogP contribution in [-0.4, -0.2) is 23.3 Å². The third kappa shape index (κ3) is 5.74. The van der Waals surface area contributed by atoms with Gasteiger partial charge in [-0.05, 0) is 42.7 Å². The summed E-state index contributed by atoms with van der Waals surface area (Å²) >= 11 is 1.30. The zero-order chi connectivity index (χ0) is 17.4. The lowest BCUT2D eigenvalue weighted by Gasteiger charge is -2.08. The van der Waals surface area contributed by atoms with Crippen molar-refractivity contribution in [3.05, 3.63) is 59.7 Å². The fourth-order valence-electron chi connectivity index (χ4n) is 2.16. The van der Waals surface area contributed by atoms with Crippen LogP contribution in [0.1, 0.15) is 18.1 Å². The molecule has 0 aliphatic rings. The lowest BCUT2D eigenvalue weighted by atomic mass is 10.1. The SMILES string of the molecule is CCc1ccc(NC(=O)CSCC(=O)Nc2ccccc2C)cc1. The van der Waals surface area contributed by atoms with Crippen LogP contribution in [0.3, 0.4) is 0 Å². The molecule has 2 rings (SSSR count). The normalized spacial score (nSPS) is 10.2. The van der Waals surface area contributed by atoms with Crippen molar-refractivity contribution in [2.24, 2.45) is 0 Å². The van der Waals surface area contributed by atoms with Gasteiger partial charge in [0.25, 0.3) is 0 Å². The Kier molecular flexibility index (Phi) is 6.88. The summed E-state index contributed by atoms with van der Waals surface area (Å²) in [5.41, 5.74) is 3.84. The number of hydrogen-bond donors (Lipinski definition) is 2. The molecule has 2 aromatic carbocycles. The second-order valence-corrected chi connectivity index (χ2v) is 6.44. The molecule has 0 saturated heterocycles. The van der Waals surface area contributed by atoms with Crippen LogP contribution in [0.5, 0.6) is 0 Å². The van der Waals surface area contributed by atoms with E-state index < -0.39 is 0 Å². The van der Waals surface area contributed by atoms with E-state index in [-0.39, 0.29) is 23.3 Å². The number of aryl methyl sites for hydroxylation is 2. The van der Waals surface area contributed by atoms with Crippen molar-refractivity contribution < 1.29 is 9.59 Å². The minimum absolute atomic E-state index is 0.102. The fraction of sp³-hybridized carbons (Fsp3) is 0.263. The van der Waals surface area contributed by atoms with Gasteiger partial charge in [-0.3, -0.25) is 9.59 Å². The summed E-state index contributed by atoms with van der Waals surface area (Å²) in [6.45, 7) is 4.03. The van der Waals surface area contributed by atoms with Gasteiger partial charge in [0, 0.05) is 11.4 Å². The van der Waals surface area contributed by atoms with Crippen molar-refractivity contribution in [2.45, 2.75) is 20.3 Å². The molecule has 0 radical (unpaired) electrons. The summed E-state index contributed by atoms with van der Waals surface area (Å²) in [6, 6.07) is 15.4. The molecule has 0 heterocycles. The summed E-state index contributed by atoms with van der Waals surface area (Å²) in [6.07, 6.45) is 0.972. The number of carbonyl (C=O) groups excluding carboxylic acids is 2. The fourth-order valence-corrected chi connectivity index (χ4v) is 2.77. The van der Waals surface area contributed by atoms with Crippen LogP contribution in [0, 0.1) is 6.92 Å². The number of benzene rings is 2. The van der Waals surface area contributed by atoms with E-state index >= 15 is 0 Å². The average molecular weight is 342 g/mol. The summed E-state index contributed by atoms with van der Waals surface area (Å²) < 4.78 is 0. The molecule has 0 fully saturated rings. The first-order chi connectivity index (χ1) is 11.6. The van der Waals surface area contributed by atoms with Gasteiger partial charge >= 0.3 is 0 Å². The maximum atomic E-state index is 11.9. The van der Waals surface area contributed by atoms with Crippen LogP contribution >= 0.6 is 11.8 Å². The molecule has 0 aromatic heterocycles. The van der Waals surface area contributed by atoms with Crippen LogP contribution in [-0.2, 0) is 16.0 Å². The van der Waals surface area contributed by atoms with Gasteiger partial charge in [0.15, 0.2) is 0 Å². The zero-order valence-electron chi connectivity index (χ0n) is 14.0.